The van der Waals surface area contributed by atoms with Crippen LogP contribution in [0.3, 0.4) is 0 Å². The topological polar surface area (TPSA) is 34.1 Å². The molecule has 0 fully saturated rings. The van der Waals surface area contributed by atoms with Crippen LogP contribution in [0.4, 0.5) is 0 Å². The van der Waals surface area contributed by atoms with Gasteiger partial charge in [0.25, 0.3) is 0 Å². The molecule has 0 aliphatic heterocycles. The molecular weight excluding hydrogens is 284 g/mol. The molecule has 0 aliphatic rings. The van der Waals surface area contributed by atoms with E-state index in [1.54, 1.807) is 6.20 Å². The zero-order chi connectivity index (χ0) is 15.3. The molecule has 0 saturated heterocycles. The molecule has 1 heterocycles. The lowest BCUT2D eigenvalue weighted by atomic mass is 10.1. The number of hydrogen-bond acceptors (Lipinski definition) is 3. The minimum Gasteiger partial charge on any atom is -0.487 e. The highest BCUT2D eigenvalue weighted by Gasteiger charge is 2.08. The van der Waals surface area contributed by atoms with Crippen LogP contribution in [0.1, 0.15) is 32.0 Å². The second-order valence-electron chi connectivity index (χ2n) is 6.01. The van der Waals surface area contributed by atoms with E-state index in [2.05, 4.69) is 31.1 Å². The standard InChI is InChI=1S/C17H21ClN2O/c1-17(2,3)20-10-15-7-8-16(11-19-15)21-12-13-5-4-6-14(18)9-13/h4-9,11,20H,10,12H2,1-3H3. The Bertz CT molecular complexity index is 576. The summed E-state index contributed by atoms with van der Waals surface area (Å²) in [5.74, 6) is 0.759. The van der Waals surface area contributed by atoms with E-state index in [4.69, 9.17) is 16.3 Å². The molecule has 0 bridgehead atoms. The van der Waals surface area contributed by atoms with Gasteiger partial charge in [0.1, 0.15) is 12.4 Å². The molecule has 3 nitrogen and oxygen atoms in total. The largest absolute Gasteiger partial charge is 0.487 e. The molecule has 2 aromatic rings. The molecule has 0 amide bonds. The normalized spacial score (nSPS) is 11.4. The molecule has 0 aliphatic carbocycles. The predicted molar refractivity (Wildman–Crippen MR) is 86.6 cm³/mol. The van der Waals surface area contributed by atoms with Crippen molar-refractivity contribution in [3.05, 3.63) is 58.9 Å². The van der Waals surface area contributed by atoms with Crippen LogP contribution in [-0.4, -0.2) is 10.5 Å². The zero-order valence-corrected chi connectivity index (χ0v) is 13.4. The Hall–Kier alpha value is -1.58. The first kappa shape index (κ1) is 15.8. The lowest BCUT2D eigenvalue weighted by Gasteiger charge is -2.20. The molecule has 0 radical (unpaired) electrons. The van der Waals surface area contributed by atoms with Crippen LogP contribution in [0.2, 0.25) is 5.02 Å². The molecule has 0 unspecified atom stereocenters. The number of rotatable bonds is 5. The minimum absolute atomic E-state index is 0.0867. The van der Waals surface area contributed by atoms with E-state index in [0.717, 1.165) is 28.6 Å². The van der Waals surface area contributed by atoms with Gasteiger partial charge in [0.15, 0.2) is 0 Å². The zero-order valence-electron chi connectivity index (χ0n) is 12.7. The molecular formula is C17H21ClN2O. The van der Waals surface area contributed by atoms with Gasteiger partial charge in [-0.1, -0.05) is 23.7 Å². The van der Waals surface area contributed by atoms with Crippen molar-refractivity contribution in [1.29, 1.82) is 0 Å². The first-order valence-electron chi connectivity index (χ1n) is 6.99. The Morgan fingerprint density at radius 1 is 1.19 bits per heavy atom. The maximum atomic E-state index is 5.94. The van der Waals surface area contributed by atoms with Crippen molar-refractivity contribution in [2.45, 2.75) is 39.5 Å². The second-order valence-corrected chi connectivity index (χ2v) is 6.44. The van der Waals surface area contributed by atoms with E-state index in [9.17, 15) is 0 Å². The average Bonchev–Trinajstić information content (AvgIpc) is 2.43. The highest BCUT2D eigenvalue weighted by molar-refractivity contribution is 6.30. The van der Waals surface area contributed by atoms with Crippen LogP contribution in [-0.2, 0) is 13.2 Å². The van der Waals surface area contributed by atoms with E-state index < -0.39 is 0 Å². The molecule has 0 saturated carbocycles. The first-order chi connectivity index (χ1) is 9.92. The van der Waals surface area contributed by atoms with Gasteiger partial charge in [-0.05, 0) is 50.6 Å². The summed E-state index contributed by atoms with van der Waals surface area (Å²) in [6.07, 6.45) is 1.75. The Morgan fingerprint density at radius 3 is 2.62 bits per heavy atom. The van der Waals surface area contributed by atoms with Crippen LogP contribution in [0, 0.1) is 0 Å². The third kappa shape index (κ3) is 5.74. The summed E-state index contributed by atoms with van der Waals surface area (Å²) in [6, 6.07) is 11.6. The third-order valence-corrected chi connectivity index (χ3v) is 3.13. The number of hydrogen-bond donors (Lipinski definition) is 1. The average molecular weight is 305 g/mol. The van der Waals surface area contributed by atoms with Crippen molar-refractivity contribution in [2.75, 3.05) is 0 Å². The second kappa shape index (κ2) is 6.92. The lowest BCUT2D eigenvalue weighted by molar-refractivity contribution is 0.304. The summed E-state index contributed by atoms with van der Waals surface area (Å²) in [4.78, 5) is 4.40. The van der Waals surface area contributed by atoms with E-state index >= 15 is 0 Å². The van der Waals surface area contributed by atoms with Crippen molar-refractivity contribution < 1.29 is 4.74 Å². The van der Waals surface area contributed by atoms with Gasteiger partial charge < -0.3 is 10.1 Å². The summed E-state index contributed by atoms with van der Waals surface area (Å²) in [7, 11) is 0. The molecule has 1 aromatic carbocycles. The molecule has 21 heavy (non-hydrogen) atoms. The molecule has 0 atom stereocenters. The Balaban J connectivity index is 1.87. The minimum atomic E-state index is 0.0867. The highest BCUT2D eigenvalue weighted by atomic mass is 35.5. The van der Waals surface area contributed by atoms with Crippen molar-refractivity contribution in [1.82, 2.24) is 10.3 Å². The first-order valence-corrected chi connectivity index (χ1v) is 7.37. The fraction of sp³-hybridized carbons (Fsp3) is 0.353. The lowest BCUT2D eigenvalue weighted by Crippen LogP contribution is -2.35. The van der Waals surface area contributed by atoms with Gasteiger partial charge >= 0.3 is 0 Å². The molecule has 112 valence electrons. The van der Waals surface area contributed by atoms with Gasteiger partial charge in [0.2, 0.25) is 0 Å². The smallest absolute Gasteiger partial charge is 0.138 e. The van der Waals surface area contributed by atoms with Crippen LogP contribution in [0.25, 0.3) is 0 Å². The van der Waals surface area contributed by atoms with E-state index in [1.807, 2.05) is 36.4 Å². The molecule has 1 N–H and O–H groups in total. The maximum absolute atomic E-state index is 5.94. The van der Waals surface area contributed by atoms with Crippen LogP contribution >= 0.6 is 11.6 Å². The van der Waals surface area contributed by atoms with E-state index in [0.29, 0.717) is 6.61 Å². The van der Waals surface area contributed by atoms with Gasteiger partial charge in [-0.25, -0.2) is 0 Å². The van der Waals surface area contributed by atoms with Crippen molar-refractivity contribution >= 4 is 11.6 Å². The number of halogens is 1. The Morgan fingerprint density at radius 2 is 2.00 bits per heavy atom. The summed E-state index contributed by atoms with van der Waals surface area (Å²) >= 11 is 5.94. The summed E-state index contributed by atoms with van der Waals surface area (Å²) in [6.45, 7) is 7.64. The Kier molecular flexibility index (Phi) is 5.21. The molecule has 0 spiro atoms. The van der Waals surface area contributed by atoms with Crippen molar-refractivity contribution in [2.24, 2.45) is 0 Å². The molecule has 2 rings (SSSR count). The van der Waals surface area contributed by atoms with Crippen LogP contribution in [0.15, 0.2) is 42.6 Å². The molecule has 1 aromatic heterocycles. The van der Waals surface area contributed by atoms with Gasteiger partial charge in [-0.15, -0.1) is 0 Å². The van der Waals surface area contributed by atoms with Crippen LogP contribution in [0.5, 0.6) is 5.75 Å². The number of ether oxygens (including phenoxy) is 1. The van der Waals surface area contributed by atoms with Crippen molar-refractivity contribution in [3.8, 4) is 5.75 Å². The highest BCUT2D eigenvalue weighted by Crippen LogP contribution is 2.15. The van der Waals surface area contributed by atoms with Gasteiger partial charge in [0.05, 0.1) is 11.9 Å². The van der Waals surface area contributed by atoms with Gasteiger partial charge in [0, 0.05) is 17.1 Å². The van der Waals surface area contributed by atoms with E-state index in [1.165, 1.54) is 0 Å². The molecule has 4 heteroatoms. The maximum Gasteiger partial charge on any atom is 0.138 e. The summed E-state index contributed by atoms with van der Waals surface area (Å²) < 4.78 is 5.71. The van der Waals surface area contributed by atoms with E-state index in [-0.39, 0.29) is 5.54 Å². The Labute approximate surface area is 131 Å². The predicted octanol–water partition coefficient (Wildman–Crippen LogP) is 4.20. The summed E-state index contributed by atoms with van der Waals surface area (Å²) in [5.41, 5.74) is 2.13. The number of pyridine rings is 1. The van der Waals surface area contributed by atoms with Crippen LogP contribution < -0.4 is 10.1 Å². The quantitative estimate of drug-likeness (QED) is 0.899. The number of nitrogens with one attached hydrogen (secondary N) is 1. The van der Waals surface area contributed by atoms with Gasteiger partial charge in [-0.3, -0.25) is 4.98 Å². The van der Waals surface area contributed by atoms with Gasteiger partial charge in [-0.2, -0.15) is 0 Å². The van der Waals surface area contributed by atoms with Crippen molar-refractivity contribution in [3.63, 3.8) is 0 Å². The number of benzene rings is 1. The third-order valence-electron chi connectivity index (χ3n) is 2.89. The number of aromatic nitrogens is 1. The summed E-state index contributed by atoms with van der Waals surface area (Å²) in [5, 5.41) is 4.12. The fourth-order valence-corrected chi connectivity index (χ4v) is 1.96. The number of nitrogens with zero attached hydrogens (tertiary/aromatic N) is 1. The monoisotopic (exact) mass is 304 g/mol. The SMILES string of the molecule is CC(C)(C)NCc1ccc(OCc2cccc(Cl)c2)cn1. The fourth-order valence-electron chi connectivity index (χ4n) is 1.75.